The van der Waals surface area contributed by atoms with E-state index in [2.05, 4.69) is 10.6 Å². The number of halogens is 1. The number of carbonyl (C=O) groups is 3. The number of ether oxygens (including phenoxy) is 3. The Kier molecular flexibility index (Phi) is 7.89. The Labute approximate surface area is 240 Å². The normalized spacial score (nSPS) is 12.8. The monoisotopic (exact) mass is 569 g/mol. The van der Waals surface area contributed by atoms with E-state index in [9.17, 15) is 14.4 Å². The molecule has 3 amide bonds. The van der Waals surface area contributed by atoms with Crippen molar-refractivity contribution in [2.45, 2.75) is 0 Å². The molecular formula is C31H24ClN3O6. The van der Waals surface area contributed by atoms with Gasteiger partial charge in [-0.05, 0) is 66.7 Å². The smallest absolute Gasteiger partial charge is 0.283 e. The molecule has 0 unspecified atom stereocenters. The highest BCUT2D eigenvalue weighted by molar-refractivity contribution is 6.53. The molecule has 1 heterocycles. The van der Waals surface area contributed by atoms with Crippen LogP contribution < -0.4 is 29.7 Å². The molecule has 0 radical (unpaired) electrons. The second-order valence-corrected chi connectivity index (χ2v) is 9.15. The molecule has 5 rings (SSSR count). The molecule has 4 aromatic carbocycles. The molecule has 0 aromatic heterocycles. The first kappa shape index (κ1) is 27.3. The molecule has 2 N–H and O–H groups in total. The highest BCUT2D eigenvalue weighted by Gasteiger charge is 2.40. The third kappa shape index (κ3) is 5.85. The predicted molar refractivity (Wildman–Crippen MR) is 156 cm³/mol. The number of nitrogens with zero attached hydrogens (tertiary/aromatic N) is 1. The molecule has 0 spiro atoms. The van der Waals surface area contributed by atoms with E-state index in [0.29, 0.717) is 34.2 Å². The lowest BCUT2D eigenvalue weighted by Crippen LogP contribution is -2.32. The van der Waals surface area contributed by atoms with Gasteiger partial charge in [-0.1, -0.05) is 35.9 Å². The van der Waals surface area contributed by atoms with Crippen molar-refractivity contribution in [2.24, 2.45) is 0 Å². The van der Waals surface area contributed by atoms with Crippen LogP contribution >= 0.6 is 11.6 Å². The van der Waals surface area contributed by atoms with E-state index in [0.717, 1.165) is 4.90 Å². The van der Waals surface area contributed by atoms with Gasteiger partial charge in [0.05, 0.1) is 19.9 Å². The molecule has 0 saturated carbocycles. The van der Waals surface area contributed by atoms with Gasteiger partial charge in [0.15, 0.2) is 0 Å². The molecule has 0 fully saturated rings. The van der Waals surface area contributed by atoms with Crippen LogP contribution in [0.25, 0.3) is 0 Å². The highest BCUT2D eigenvalue weighted by Crippen LogP contribution is 2.38. The number of amides is 3. The largest absolute Gasteiger partial charge is 0.497 e. The summed E-state index contributed by atoms with van der Waals surface area (Å²) in [5.74, 6) is 0.270. The van der Waals surface area contributed by atoms with Crippen LogP contribution in [0.3, 0.4) is 0 Å². The zero-order valence-corrected chi connectivity index (χ0v) is 22.8. The Bertz CT molecular complexity index is 1650. The van der Waals surface area contributed by atoms with Crippen LogP contribution in [0.2, 0.25) is 0 Å². The average molecular weight is 570 g/mol. The minimum Gasteiger partial charge on any atom is -0.497 e. The Morgan fingerprint density at radius 2 is 1.44 bits per heavy atom. The number of carbonyl (C=O) groups excluding carboxylic acids is 3. The summed E-state index contributed by atoms with van der Waals surface area (Å²) in [6.45, 7) is 0. The first-order valence-electron chi connectivity index (χ1n) is 12.4. The van der Waals surface area contributed by atoms with E-state index in [1.54, 1.807) is 60.7 Å². The van der Waals surface area contributed by atoms with E-state index >= 15 is 0 Å². The number of imide groups is 1. The Hall–Kier alpha value is -5.28. The number of hydrogen-bond donors (Lipinski definition) is 2. The fourth-order valence-corrected chi connectivity index (χ4v) is 4.33. The van der Waals surface area contributed by atoms with Gasteiger partial charge in [-0.25, -0.2) is 4.90 Å². The number of anilines is 3. The van der Waals surface area contributed by atoms with Gasteiger partial charge < -0.3 is 24.8 Å². The van der Waals surface area contributed by atoms with Gasteiger partial charge >= 0.3 is 0 Å². The summed E-state index contributed by atoms with van der Waals surface area (Å²) in [6.07, 6.45) is 0. The molecule has 1 aliphatic rings. The third-order valence-electron chi connectivity index (χ3n) is 6.14. The number of para-hydroxylation sites is 1. The van der Waals surface area contributed by atoms with Gasteiger partial charge in [0, 0.05) is 23.0 Å². The summed E-state index contributed by atoms with van der Waals surface area (Å²) in [6, 6.07) is 27.5. The van der Waals surface area contributed by atoms with Crippen LogP contribution in [0, 0.1) is 0 Å². The Balaban J connectivity index is 1.29. The fourth-order valence-electron chi connectivity index (χ4n) is 4.12. The molecular weight excluding hydrogens is 546 g/mol. The number of hydrogen-bond acceptors (Lipinski definition) is 7. The van der Waals surface area contributed by atoms with Crippen molar-refractivity contribution in [3.8, 4) is 23.0 Å². The van der Waals surface area contributed by atoms with E-state index in [-0.39, 0.29) is 28.1 Å². The van der Waals surface area contributed by atoms with Gasteiger partial charge in [0.25, 0.3) is 17.7 Å². The molecule has 4 aromatic rings. The third-order valence-corrected chi connectivity index (χ3v) is 6.49. The quantitative estimate of drug-likeness (QED) is 0.232. The van der Waals surface area contributed by atoms with E-state index in [1.165, 1.54) is 20.3 Å². The predicted octanol–water partition coefficient (Wildman–Crippen LogP) is 6.18. The van der Waals surface area contributed by atoms with Gasteiger partial charge in [0.1, 0.15) is 33.7 Å². The molecule has 10 heteroatoms. The zero-order valence-electron chi connectivity index (χ0n) is 22.0. The van der Waals surface area contributed by atoms with Crippen molar-refractivity contribution in [2.75, 3.05) is 29.8 Å². The van der Waals surface area contributed by atoms with E-state index in [4.69, 9.17) is 25.8 Å². The maximum Gasteiger partial charge on any atom is 0.283 e. The minimum atomic E-state index is -0.723. The lowest BCUT2D eigenvalue weighted by Gasteiger charge is -2.19. The molecule has 9 nitrogen and oxygen atoms in total. The molecule has 0 atom stereocenters. The van der Waals surface area contributed by atoms with E-state index in [1.807, 2.05) is 30.3 Å². The Morgan fingerprint density at radius 1 is 0.732 bits per heavy atom. The van der Waals surface area contributed by atoms with Gasteiger partial charge in [-0.15, -0.1) is 0 Å². The second kappa shape index (κ2) is 11.8. The highest BCUT2D eigenvalue weighted by atomic mass is 35.5. The van der Waals surface area contributed by atoms with Crippen molar-refractivity contribution in [1.82, 2.24) is 0 Å². The maximum atomic E-state index is 13.3. The SMILES string of the molecule is COc1ccc(OC)c(N2C(=O)C(Cl)=C(Nc3cccc(C(=O)Nc4ccc(Oc5ccccc5)cc4)c3)C2=O)c1. The summed E-state index contributed by atoms with van der Waals surface area (Å²) in [5, 5.41) is 5.43. The van der Waals surface area contributed by atoms with Crippen molar-refractivity contribution < 1.29 is 28.6 Å². The summed E-state index contributed by atoms with van der Waals surface area (Å²) in [4.78, 5) is 40.2. The van der Waals surface area contributed by atoms with Crippen molar-refractivity contribution >= 4 is 46.4 Å². The number of benzene rings is 4. The molecule has 0 bridgehead atoms. The van der Waals surface area contributed by atoms with Crippen LogP contribution in [0.1, 0.15) is 10.4 Å². The van der Waals surface area contributed by atoms with Gasteiger partial charge in [-0.3, -0.25) is 14.4 Å². The van der Waals surface area contributed by atoms with Crippen LogP contribution in [-0.4, -0.2) is 31.9 Å². The van der Waals surface area contributed by atoms with Gasteiger partial charge in [-0.2, -0.15) is 0 Å². The van der Waals surface area contributed by atoms with Gasteiger partial charge in [0.2, 0.25) is 0 Å². The van der Waals surface area contributed by atoms with E-state index < -0.39 is 11.8 Å². The van der Waals surface area contributed by atoms with Crippen LogP contribution in [-0.2, 0) is 9.59 Å². The number of nitrogens with one attached hydrogen (secondary N) is 2. The second-order valence-electron chi connectivity index (χ2n) is 8.77. The number of methoxy groups -OCH3 is 2. The molecule has 0 saturated heterocycles. The minimum absolute atomic E-state index is 0.131. The average Bonchev–Trinajstić information content (AvgIpc) is 3.21. The molecule has 0 aliphatic carbocycles. The lowest BCUT2D eigenvalue weighted by atomic mass is 10.1. The van der Waals surface area contributed by atoms with Crippen LogP contribution in [0.4, 0.5) is 17.1 Å². The summed E-state index contributed by atoms with van der Waals surface area (Å²) in [5.41, 5.74) is 1.33. The summed E-state index contributed by atoms with van der Waals surface area (Å²) in [7, 11) is 2.89. The lowest BCUT2D eigenvalue weighted by molar-refractivity contribution is -0.120. The zero-order chi connectivity index (χ0) is 28.9. The topological polar surface area (TPSA) is 106 Å². The van der Waals surface area contributed by atoms with Crippen LogP contribution in [0.5, 0.6) is 23.0 Å². The number of rotatable bonds is 9. The standard InChI is InChI=1S/C31H24ClN3O6/c1-39-24-15-16-26(40-2)25(18-24)35-30(37)27(32)28(31(35)38)33-21-8-6-7-19(17-21)29(36)34-20-11-13-23(14-12-20)41-22-9-4-3-5-10-22/h3-18,33H,1-2H3,(H,34,36). The summed E-state index contributed by atoms with van der Waals surface area (Å²) >= 11 is 6.30. The maximum absolute atomic E-state index is 13.3. The molecule has 41 heavy (non-hydrogen) atoms. The first-order valence-corrected chi connectivity index (χ1v) is 12.8. The molecule has 1 aliphatic heterocycles. The fraction of sp³-hybridized carbons (Fsp3) is 0.0645. The van der Waals surface area contributed by atoms with Crippen molar-refractivity contribution in [1.29, 1.82) is 0 Å². The van der Waals surface area contributed by atoms with Crippen molar-refractivity contribution in [3.05, 3.63) is 113 Å². The first-order chi connectivity index (χ1) is 19.9. The van der Waals surface area contributed by atoms with Crippen molar-refractivity contribution in [3.63, 3.8) is 0 Å². The Morgan fingerprint density at radius 3 is 2.15 bits per heavy atom. The molecule has 206 valence electrons. The van der Waals surface area contributed by atoms with Crippen LogP contribution in [0.15, 0.2) is 108 Å². The summed E-state index contributed by atoms with van der Waals surface area (Å²) < 4.78 is 16.3.